The predicted molar refractivity (Wildman–Crippen MR) is 69.0 cm³/mol. The van der Waals surface area contributed by atoms with Gasteiger partial charge in [0, 0.05) is 12.1 Å². The number of methoxy groups -OCH3 is 1. The van der Waals surface area contributed by atoms with Crippen LogP contribution in [0.25, 0.3) is 0 Å². The van der Waals surface area contributed by atoms with Crippen molar-refractivity contribution in [3.8, 4) is 5.75 Å². The van der Waals surface area contributed by atoms with Gasteiger partial charge < -0.3 is 10.1 Å². The predicted octanol–water partition coefficient (Wildman–Crippen LogP) is 3.15. The van der Waals surface area contributed by atoms with Crippen molar-refractivity contribution in [1.82, 2.24) is 5.32 Å². The van der Waals surface area contributed by atoms with E-state index in [9.17, 15) is 4.39 Å². The number of aryl methyl sites for hydroxylation is 1. The molecule has 3 heteroatoms. The maximum Gasteiger partial charge on any atom is 0.123 e. The van der Waals surface area contributed by atoms with E-state index < -0.39 is 0 Å². The third-order valence-electron chi connectivity index (χ3n) is 2.71. The summed E-state index contributed by atoms with van der Waals surface area (Å²) < 4.78 is 18.4. The minimum Gasteiger partial charge on any atom is -0.496 e. The van der Waals surface area contributed by atoms with Gasteiger partial charge in [-0.15, -0.1) is 0 Å². The highest BCUT2D eigenvalue weighted by Crippen LogP contribution is 2.21. The van der Waals surface area contributed by atoms with Gasteiger partial charge in [-0.25, -0.2) is 4.39 Å². The largest absolute Gasteiger partial charge is 0.496 e. The minimum atomic E-state index is -0.203. The second-order valence-corrected chi connectivity index (χ2v) is 4.72. The lowest BCUT2D eigenvalue weighted by Gasteiger charge is -2.17. The molecular weight excluding hydrogens is 217 g/mol. The summed E-state index contributed by atoms with van der Waals surface area (Å²) in [6.07, 6.45) is 1.79. The fraction of sp³-hybridized carbons (Fsp3) is 0.571. The van der Waals surface area contributed by atoms with E-state index in [1.54, 1.807) is 19.2 Å². The Kier molecular flexibility index (Phi) is 5.42. The van der Waals surface area contributed by atoms with Gasteiger partial charge in [0.05, 0.1) is 7.11 Å². The van der Waals surface area contributed by atoms with Crippen LogP contribution in [0.3, 0.4) is 0 Å². The molecule has 1 aromatic rings. The Hall–Kier alpha value is -1.09. The number of rotatable bonds is 6. The number of nitrogens with one attached hydrogen (secondary N) is 1. The van der Waals surface area contributed by atoms with Crippen LogP contribution in [0.5, 0.6) is 5.75 Å². The van der Waals surface area contributed by atoms with Crippen molar-refractivity contribution < 1.29 is 9.13 Å². The molecule has 1 N–H and O–H groups in total. The molecule has 0 aliphatic carbocycles. The van der Waals surface area contributed by atoms with Gasteiger partial charge in [0.25, 0.3) is 0 Å². The summed E-state index contributed by atoms with van der Waals surface area (Å²) in [5.41, 5.74) is 0.935. The Morgan fingerprint density at radius 1 is 1.29 bits per heavy atom. The van der Waals surface area contributed by atoms with Crippen molar-refractivity contribution >= 4 is 0 Å². The van der Waals surface area contributed by atoms with Gasteiger partial charge in [0.2, 0.25) is 0 Å². The smallest absolute Gasteiger partial charge is 0.123 e. The summed E-state index contributed by atoms with van der Waals surface area (Å²) in [5.74, 6) is 0.563. The van der Waals surface area contributed by atoms with Crippen molar-refractivity contribution in [3.63, 3.8) is 0 Å². The molecule has 0 amide bonds. The molecule has 17 heavy (non-hydrogen) atoms. The molecule has 0 spiro atoms. The van der Waals surface area contributed by atoms with Gasteiger partial charge in [-0.3, -0.25) is 0 Å². The molecular formula is C14H22FNO. The molecule has 1 aromatic carbocycles. The zero-order valence-corrected chi connectivity index (χ0v) is 11.1. The first-order valence-corrected chi connectivity index (χ1v) is 6.11. The first-order chi connectivity index (χ1) is 8.02. The van der Waals surface area contributed by atoms with Crippen LogP contribution in [-0.2, 0) is 6.42 Å². The lowest BCUT2D eigenvalue weighted by Crippen LogP contribution is -2.32. The van der Waals surface area contributed by atoms with Gasteiger partial charge in [-0.1, -0.05) is 13.8 Å². The van der Waals surface area contributed by atoms with E-state index in [1.807, 2.05) is 0 Å². The van der Waals surface area contributed by atoms with Crippen LogP contribution in [0.2, 0.25) is 0 Å². The Bertz CT molecular complexity index is 352. The van der Waals surface area contributed by atoms with Crippen LogP contribution in [0.1, 0.15) is 32.8 Å². The van der Waals surface area contributed by atoms with E-state index in [1.165, 1.54) is 6.07 Å². The fourth-order valence-corrected chi connectivity index (χ4v) is 1.97. The van der Waals surface area contributed by atoms with E-state index in [2.05, 4.69) is 26.1 Å². The fourth-order valence-electron chi connectivity index (χ4n) is 1.97. The van der Waals surface area contributed by atoms with Gasteiger partial charge in [-0.2, -0.15) is 0 Å². The van der Waals surface area contributed by atoms with E-state index in [0.717, 1.165) is 24.2 Å². The zero-order valence-electron chi connectivity index (χ0n) is 11.1. The highest BCUT2D eigenvalue weighted by Gasteiger charge is 2.08. The van der Waals surface area contributed by atoms with Gasteiger partial charge >= 0.3 is 0 Å². The first kappa shape index (κ1) is 14.0. The summed E-state index contributed by atoms with van der Waals surface area (Å²) in [6, 6.07) is 5.56. The molecule has 0 bridgehead atoms. The van der Waals surface area contributed by atoms with Crippen LogP contribution in [0.15, 0.2) is 18.2 Å². The zero-order chi connectivity index (χ0) is 12.8. The summed E-state index contributed by atoms with van der Waals surface area (Å²) in [6.45, 7) is 6.39. The van der Waals surface area contributed by atoms with E-state index >= 15 is 0 Å². The summed E-state index contributed by atoms with van der Waals surface area (Å²) in [4.78, 5) is 0. The Labute approximate surface area is 103 Å². The standard InChI is InChI=1S/C14H22FNO/c1-10(2)16-11(3)5-6-12-9-13(15)7-8-14(12)17-4/h7-11,16H,5-6H2,1-4H3. The topological polar surface area (TPSA) is 21.3 Å². The highest BCUT2D eigenvalue weighted by atomic mass is 19.1. The average molecular weight is 239 g/mol. The van der Waals surface area contributed by atoms with Crippen molar-refractivity contribution in [1.29, 1.82) is 0 Å². The number of benzene rings is 1. The lowest BCUT2D eigenvalue weighted by atomic mass is 10.0. The average Bonchev–Trinajstić information content (AvgIpc) is 2.25. The second-order valence-electron chi connectivity index (χ2n) is 4.72. The van der Waals surface area contributed by atoms with Crippen molar-refractivity contribution in [3.05, 3.63) is 29.6 Å². The van der Waals surface area contributed by atoms with Crippen LogP contribution in [-0.4, -0.2) is 19.2 Å². The van der Waals surface area contributed by atoms with Gasteiger partial charge in [0.15, 0.2) is 0 Å². The molecule has 1 atom stereocenters. The van der Waals surface area contributed by atoms with Crippen molar-refractivity contribution in [2.24, 2.45) is 0 Å². The van der Waals surface area contributed by atoms with Crippen LogP contribution >= 0.6 is 0 Å². The second kappa shape index (κ2) is 6.60. The molecule has 0 fully saturated rings. The molecule has 0 saturated carbocycles. The highest BCUT2D eigenvalue weighted by molar-refractivity contribution is 5.34. The summed E-state index contributed by atoms with van der Waals surface area (Å²) in [5, 5.41) is 3.43. The van der Waals surface area contributed by atoms with Crippen LogP contribution < -0.4 is 10.1 Å². The van der Waals surface area contributed by atoms with Crippen molar-refractivity contribution in [2.45, 2.75) is 45.7 Å². The molecule has 0 radical (unpaired) electrons. The molecule has 0 aliphatic heterocycles. The SMILES string of the molecule is COc1ccc(F)cc1CCC(C)NC(C)C. The lowest BCUT2D eigenvalue weighted by molar-refractivity contribution is 0.404. The van der Waals surface area contributed by atoms with Gasteiger partial charge in [-0.05, 0) is 43.5 Å². The molecule has 0 heterocycles. The summed E-state index contributed by atoms with van der Waals surface area (Å²) in [7, 11) is 1.62. The van der Waals surface area contributed by atoms with Crippen LogP contribution in [0.4, 0.5) is 4.39 Å². The third-order valence-corrected chi connectivity index (χ3v) is 2.71. The monoisotopic (exact) mass is 239 g/mol. The third kappa shape index (κ3) is 4.73. The normalized spacial score (nSPS) is 12.8. The molecule has 0 aromatic heterocycles. The number of ether oxygens (including phenoxy) is 1. The van der Waals surface area contributed by atoms with Crippen LogP contribution in [0, 0.1) is 5.82 Å². The number of halogens is 1. The van der Waals surface area contributed by atoms with Gasteiger partial charge in [0.1, 0.15) is 11.6 Å². The maximum atomic E-state index is 13.1. The Morgan fingerprint density at radius 3 is 2.59 bits per heavy atom. The molecule has 0 saturated heterocycles. The molecule has 1 rings (SSSR count). The van der Waals surface area contributed by atoms with E-state index in [4.69, 9.17) is 4.74 Å². The van der Waals surface area contributed by atoms with Crippen molar-refractivity contribution in [2.75, 3.05) is 7.11 Å². The summed E-state index contributed by atoms with van der Waals surface area (Å²) >= 11 is 0. The quantitative estimate of drug-likeness (QED) is 0.823. The number of hydrogen-bond acceptors (Lipinski definition) is 2. The minimum absolute atomic E-state index is 0.203. The number of hydrogen-bond donors (Lipinski definition) is 1. The molecule has 1 unspecified atom stereocenters. The first-order valence-electron chi connectivity index (χ1n) is 6.11. The Morgan fingerprint density at radius 2 is 2.00 bits per heavy atom. The van der Waals surface area contributed by atoms with E-state index in [0.29, 0.717) is 12.1 Å². The molecule has 0 aliphatic rings. The Balaban J connectivity index is 2.58. The molecule has 96 valence electrons. The van der Waals surface area contributed by atoms with E-state index in [-0.39, 0.29) is 5.82 Å². The molecule has 2 nitrogen and oxygen atoms in total. The maximum absolute atomic E-state index is 13.1.